The molecular weight excluding hydrogens is 876 g/mol. The first-order valence-electron chi connectivity index (χ1n) is 30.5. The Labute approximate surface area is 431 Å². The number of likely N-dealkylation sites (N-methyl/N-ethyl adjacent to an activating group) is 1. The summed E-state index contributed by atoms with van der Waals surface area (Å²) >= 11 is 0. The standard InChI is InChI=1S/C60H121N2O6P/c1-6-8-10-12-14-16-18-20-22-23-24-25-26-27-28-29-30-31-32-33-34-35-36-37-38-40-42-44-46-48-50-52-54-60(64)61-58(57-68-69(65,66)67-56-55-62(3,4)5)59(63)53-51-49-47-45-43-41-39-21-19-17-15-13-11-9-7-2/h27-28,58-59,63H,6-26,29-57H2,1-5H3,(H-,61,64,65,66)/b28-27-. The number of phosphoric acid groups is 1. The average molecular weight is 998 g/mol. The fourth-order valence-corrected chi connectivity index (χ4v) is 10.2. The predicted molar refractivity (Wildman–Crippen MR) is 298 cm³/mol. The first-order chi connectivity index (χ1) is 33.5. The van der Waals surface area contributed by atoms with Crippen molar-refractivity contribution in [2.24, 2.45) is 0 Å². The summed E-state index contributed by atoms with van der Waals surface area (Å²) in [5.41, 5.74) is 0. The number of carbonyl (C=O) groups excluding carboxylic acids is 1. The van der Waals surface area contributed by atoms with Crippen molar-refractivity contribution in [3.05, 3.63) is 12.2 Å². The number of amides is 1. The Morgan fingerprint density at radius 3 is 1.13 bits per heavy atom. The van der Waals surface area contributed by atoms with Gasteiger partial charge in [0, 0.05) is 6.42 Å². The molecule has 0 heterocycles. The van der Waals surface area contributed by atoms with Crippen molar-refractivity contribution < 1.29 is 32.9 Å². The summed E-state index contributed by atoms with van der Waals surface area (Å²) in [7, 11) is 1.32. The number of carbonyl (C=O) groups is 1. The zero-order valence-corrected chi connectivity index (χ0v) is 47.9. The van der Waals surface area contributed by atoms with Gasteiger partial charge in [0.2, 0.25) is 5.91 Å². The van der Waals surface area contributed by atoms with E-state index in [0.29, 0.717) is 23.9 Å². The molecular formula is C60H121N2O6P. The lowest BCUT2D eigenvalue weighted by atomic mass is 10.0. The Kier molecular flexibility index (Phi) is 51.5. The van der Waals surface area contributed by atoms with E-state index >= 15 is 0 Å². The van der Waals surface area contributed by atoms with Crippen LogP contribution in [0.15, 0.2) is 12.2 Å². The molecule has 0 spiro atoms. The molecule has 8 nitrogen and oxygen atoms in total. The highest BCUT2D eigenvalue weighted by Crippen LogP contribution is 2.38. The lowest BCUT2D eigenvalue weighted by molar-refractivity contribution is -0.870. The van der Waals surface area contributed by atoms with Gasteiger partial charge in [-0.25, -0.2) is 0 Å². The quantitative estimate of drug-likeness (QED) is 0.0272. The van der Waals surface area contributed by atoms with Gasteiger partial charge in [-0.3, -0.25) is 9.36 Å². The second kappa shape index (κ2) is 52.1. The Balaban J connectivity index is 3.98. The maximum absolute atomic E-state index is 13.0. The number of allylic oxidation sites excluding steroid dienone is 2. The molecule has 3 unspecified atom stereocenters. The van der Waals surface area contributed by atoms with Crippen molar-refractivity contribution in [2.45, 2.75) is 328 Å². The van der Waals surface area contributed by atoms with Crippen LogP contribution in [0.5, 0.6) is 0 Å². The lowest BCUT2D eigenvalue weighted by Crippen LogP contribution is -2.46. The molecule has 3 atom stereocenters. The smallest absolute Gasteiger partial charge is 0.268 e. The first-order valence-corrected chi connectivity index (χ1v) is 32.0. The Bertz CT molecular complexity index is 1130. The molecule has 0 bridgehead atoms. The largest absolute Gasteiger partial charge is 0.756 e. The summed E-state index contributed by atoms with van der Waals surface area (Å²) in [5, 5.41) is 14.0. The third kappa shape index (κ3) is 54.8. The predicted octanol–water partition coefficient (Wildman–Crippen LogP) is 18.0. The minimum Gasteiger partial charge on any atom is -0.756 e. The summed E-state index contributed by atoms with van der Waals surface area (Å²) in [5.74, 6) is -0.158. The van der Waals surface area contributed by atoms with Crippen LogP contribution in [0.1, 0.15) is 316 Å². The number of quaternary nitrogens is 1. The Morgan fingerprint density at radius 1 is 0.493 bits per heavy atom. The summed E-state index contributed by atoms with van der Waals surface area (Å²) in [6.45, 7) is 4.77. The molecule has 0 rings (SSSR count). The van der Waals surface area contributed by atoms with Crippen LogP contribution in [-0.2, 0) is 18.4 Å². The van der Waals surface area contributed by atoms with E-state index in [1.807, 2.05) is 21.1 Å². The van der Waals surface area contributed by atoms with E-state index in [4.69, 9.17) is 9.05 Å². The van der Waals surface area contributed by atoms with E-state index in [1.165, 1.54) is 250 Å². The van der Waals surface area contributed by atoms with Gasteiger partial charge in [-0.2, -0.15) is 0 Å². The van der Waals surface area contributed by atoms with Crippen LogP contribution in [0.25, 0.3) is 0 Å². The van der Waals surface area contributed by atoms with E-state index in [1.54, 1.807) is 0 Å². The Hall–Kier alpha value is -0.760. The van der Waals surface area contributed by atoms with Crippen molar-refractivity contribution in [2.75, 3.05) is 40.9 Å². The summed E-state index contributed by atoms with van der Waals surface area (Å²) < 4.78 is 23.4. The summed E-state index contributed by atoms with van der Waals surface area (Å²) in [6.07, 6.45) is 64.1. The van der Waals surface area contributed by atoms with E-state index in [2.05, 4.69) is 31.3 Å². The molecule has 0 aromatic heterocycles. The number of nitrogens with zero attached hydrogens (tertiary/aromatic N) is 1. The number of rotatable bonds is 57. The second-order valence-corrected chi connectivity index (χ2v) is 23.8. The van der Waals surface area contributed by atoms with Crippen LogP contribution < -0.4 is 10.2 Å². The third-order valence-electron chi connectivity index (χ3n) is 14.3. The summed E-state index contributed by atoms with van der Waals surface area (Å²) in [4.78, 5) is 25.5. The number of hydrogen-bond acceptors (Lipinski definition) is 6. The SMILES string of the molecule is CCCCCCCCCCCCCC/C=C\CCCCCCCCCCCCCCCCCCC(=O)NC(COP(=O)([O-])OCC[N+](C)(C)C)C(O)CCCCCCCCCCCCCCCCC. The minimum absolute atomic E-state index is 0.0152. The average Bonchev–Trinajstić information content (AvgIpc) is 3.31. The van der Waals surface area contributed by atoms with E-state index in [9.17, 15) is 19.4 Å². The molecule has 0 saturated carbocycles. The highest BCUT2D eigenvalue weighted by Gasteiger charge is 2.24. The van der Waals surface area contributed by atoms with Gasteiger partial charge in [-0.1, -0.05) is 283 Å². The number of nitrogens with one attached hydrogen (secondary N) is 1. The Morgan fingerprint density at radius 2 is 0.797 bits per heavy atom. The van der Waals surface area contributed by atoms with Crippen molar-refractivity contribution >= 4 is 13.7 Å². The van der Waals surface area contributed by atoms with Crippen LogP contribution in [-0.4, -0.2) is 68.5 Å². The molecule has 9 heteroatoms. The van der Waals surface area contributed by atoms with Gasteiger partial charge in [0.1, 0.15) is 13.2 Å². The van der Waals surface area contributed by atoms with Gasteiger partial charge in [-0.15, -0.1) is 0 Å². The van der Waals surface area contributed by atoms with Crippen molar-refractivity contribution in [1.29, 1.82) is 0 Å². The molecule has 0 aromatic carbocycles. The van der Waals surface area contributed by atoms with Gasteiger partial charge in [0.15, 0.2) is 0 Å². The molecule has 0 aromatic rings. The number of aliphatic hydroxyl groups is 1. The van der Waals surface area contributed by atoms with Gasteiger partial charge in [0.05, 0.1) is 39.9 Å². The van der Waals surface area contributed by atoms with E-state index in [0.717, 1.165) is 38.5 Å². The van der Waals surface area contributed by atoms with Crippen LogP contribution in [0.3, 0.4) is 0 Å². The van der Waals surface area contributed by atoms with Crippen molar-refractivity contribution in [1.82, 2.24) is 5.32 Å². The van der Waals surface area contributed by atoms with Gasteiger partial charge in [-0.05, 0) is 38.5 Å². The summed E-state index contributed by atoms with van der Waals surface area (Å²) in [6, 6.07) is -0.797. The van der Waals surface area contributed by atoms with Crippen molar-refractivity contribution in [3.8, 4) is 0 Å². The van der Waals surface area contributed by atoms with Crippen LogP contribution in [0, 0.1) is 0 Å². The molecule has 412 valence electrons. The van der Waals surface area contributed by atoms with Gasteiger partial charge < -0.3 is 28.8 Å². The molecule has 0 fully saturated rings. The maximum atomic E-state index is 13.0. The highest BCUT2D eigenvalue weighted by atomic mass is 31.2. The van der Waals surface area contributed by atoms with Gasteiger partial charge >= 0.3 is 0 Å². The minimum atomic E-state index is -4.57. The zero-order chi connectivity index (χ0) is 50.6. The van der Waals surface area contributed by atoms with Crippen molar-refractivity contribution in [3.63, 3.8) is 0 Å². The number of aliphatic hydroxyl groups excluding tert-OH is 1. The highest BCUT2D eigenvalue weighted by molar-refractivity contribution is 7.45. The molecule has 1 amide bonds. The molecule has 0 saturated heterocycles. The van der Waals surface area contributed by atoms with Crippen LogP contribution >= 0.6 is 7.82 Å². The van der Waals surface area contributed by atoms with E-state index < -0.39 is 20.0 Å². The lowest BCUT2D eigenvalue weighted by Gasteiger charge is -2.30. The molecule has 0 aliphatic heterocycles. The van der Waals surface area contributed by atoms with Crippen LogP contribution in [0.2, 0.25) is 0 Å². The second-order valence-electron chi connectivity index (χ2n) is 22.4. The number of hydrogen-bond donors (Lipinski definition) is 2. The zero-order valence-electron chi connectivity index (χ0n) is 47.0. The molecule has 69 heavy (non-hydrogen) atoms. The molecule has 0 radical (unpaired) electrons. The van der Waals surface area contributed by atoms with Crippen LogP contribution in [0.4, 0.5) is 0 Å². The number of unbranched alkanes of at least 4 members (excludes halogenated alkanes) is 42. The number of phosphoric ester groups is 1. The molecule has 0 aliphatic carbocycles. The topological polar surface area (TPSA) is 108 Å². The fraction of sp³-hybridized carbons (Fsp3) is 0.950. The normalized spacial score (nSPS) is 13.9. The maximum Gasteiger partial charge on any atom is 0.268 e. The third-order valence-corrected chi connectivity index (χ3v) is 15.2. The van der Waals surface area contributed by atoms with Gasteiger partial charge in [0.25, 0.3) is 7.82 Å². The van der Waals surface area contributed by atoms with E-state index in [-0.39, 0.29) is 19.1 Å². The first kappa shape index (κ1) is 68.2. The fourth-order valence-electron chi connectivity index (χ4n) is 9.45. The monoisotopic (exact) mass is 997 g/mol. The molecule has 0 aliphatic rings. The molecule has 2 N–H and O–H groups in total.